The number of aliphatic hydroxyl groups excluding tert-OH is 1. The van der Waals surface area contributed by atoms with Gasteiger partial charge in [-0.15, -0.1) is 0 Å². The Morgan fingerprint density at radius 1 is 1.16 bits per heavy atom. The second-order valence-corrected chi connectivity index (χ2v) is 7.75. The number of piperidine rings is 1. The maximum atomic E-state index is 9.68. The predicted octanol–water partition coefficient (Wildman–Crippen LogP) is 3.89. The highest BCUT2D eigenvalue weighted by atomic mass is 16.5. The lowest BCUT2D eigenvalue weighted by molar-refractivity contribution is 0.198. The number of hydrogen-bond acceptors (Lipinski definition) is 7. The van der Waals surface area contributed by atoms with Gasteiger partial charge < -0.3 is 15.2 Å². The second kappa shape index (κ2) is 10.3. The van der Waals surface area contributed by atoms with Crippen LogP contribution in [-0.2, 0) is 13.2 Å². The topological polar surface area (TPSA) is 83.4 Å². The van der Waals surface area contributed by atoms with Gasteiger partial charge in [0.1, 0.15) is 11.6 Å². The molecule has 0 saturated carbocycles. The number of rotatable bonds is 8. The first-order chi connectivity index (χ1) is 15.2. The van der Waals surface area contributed by atoms with E-state index in [1.54, 1.807) is 18.5 Å². The lowest BCUT2D eigenvalue weighted by atomic mass is 9.94. The summed E-state index contributed by atoms with van der Waals surface area (Å²) < 4.78 is 5.60. The summed E-state index contributed by atoms with van der Waals surface area (Å²) in [7, 11) is 0. The SMILES string of the molecule is CCOc1ccc(CN2CCCC(c3cccc(Nc4ncccn4)n3)C2)cc1CO. The van der Waals surface area contributed by atoms with Crippen molar-refractivity contribution in [3.8, 4) is 5.75 Å². The molecule has 3 heterocycles. The summed E-state index contributed by atoms with van der Waals surface area (Å²) in [5.74, 6) is 2.46. The Labute approximate surface area is 183 Å². The van der Waals surface area contributed by atoms with E-state index >= 15 is 0 Å². The van der Waals surface area contributed by atoms with Crippen molar-refractivity contribution < 1.29 is 9.84 Å². The molecule has 31 heavy (non-hydrogen) atoms. The summed E-state index contributed by atoms with van der Waals surface area (Å²) >= 11 is 0. The smallest absolute Gasteiger partial charge is 0.228 e. The predicted molar refractivity (Wildman–Crippen MR) is 120 cm³/mol. The van der Waals surface area contributed by atoms with Crippen LogP contribution in [0.2, 0.25) is 0 Å². The van der Waals surface area contributed by atoms with Crippen LogP contribution < -0.4 is 10.1 Å². The van der Waals surface area contributed by atoms with E-state index in [-0.39, 0.29) is 6.61 Å². The number of nitrogens with one attached hydrogen (secondary N) is 1. The fraction of sp³-hybridized carbons (Fsp3) is 0.375. The Bertz CT molecular complexity index is 983. The number of anilines is 2. The van der Waals surface area contributed by atoms with Gasteiger partial charge in [0.2, 0.25) is 5.95 Å². The van der Waals surface area contributed by atoms with Crippen molar-refractivity contribution >= 4 is 11.8 Å². The molecule has 1 unspecified atom stereocenters. The van der Waals surface area contributed by atoms with E-state index in [9.17, 15) is 5.11 Å². The summed E-state index contributed by atoms with van der Waals surface area (Å²) in [6, 6.07) is 14.0. The van der Waals surface area contributed by atoms with Gasteiger partial charge in [0.05, 0.1) is 13.2 Å². The van der Waals surface area contributed by atoms with E-state index in [0.717, 1.165) is 55.3 Å². The molecule has 162 valence electrons. The summed E-state index contributed by atoms with van der Waals surface area (Å²) in [5, 5.41) is 12.9. The molecule has 2 N–H and O–H groups in total. The molecule has 1 saturated heterocycles. The first-order valence-electron chi connectivity index (χ1n) is 10.8. The van der Waals surface area contributed by atoms with Gasteiger partial charge in [-0.05, 0) is 62.2 Å². The number of aliphatic hydroxyl groups is 1. The molecule has 0 aliphatic carbocycles. The lowest BCUT2D eigenvalue weighted by Gasteiger charge is -2.32. The van der Waals surface area contributed by atoms with Gasteiger partial charge in [0, 0.05) is 42.7 Å². The maximum absolute atomic E-state index is 9.68. The van der Waals surface area contributed by atoms with E-state index in [0.29, 0.717) is 18.5 Å². The van der Waals surface area contributed by atoms with Crippen LogP contribution in [0.15, 0.2) is 54.9 Å². The molecule has 0 spiro atoms. The average molecular weight is 420 g/mol. The monoisotopic (exact) mass is 419 g/mol. The normalized spacial score (nSPS) is 16.8. The van der Waals surface area contributed by atoms with Crippen LogP contribution in [0, 0.1) is 0 Å². The van der Waals surface area contributed by atoms with Crippen LogP contribution in [0.3, 0.4) is 0 Å². The third-order valence-electron chi connectivity index (χ3n) is 5.50. The molecule has 0 amide bonds. The highest BCUT2D eigenvalue weighted by molar-refractivity contribution is 5.47. The van der Waals surface area contributed by atoms with Crippen molar-refractivity contribution in [2.45, 2.75) is 38.8 Å². The van der Waals surface area contributed by atoms with Crippen LogP contribution in [-0.4, -0.2) is 44.7 Å². The van der Waals surface area contributed by atoms with Crippen molar-refractivity contribution in [1.82, 2.24) is 19.9 Å². The first kappa shape index (κ1) is 21.2. The van der Waals surface area contributed by atoms with Crippen LogP contribution >= 0.6 is 0 Å². The molecule has 1 fully saturated rings. The van der Waals surface area contributed by atoms with Crippen LogP contribution in [0.5, 0.6) is 5.75 Å². The quantitative estimate of drug-likeness (QED) is 0.573. The Morgan fingerprint density at radius 3 is 2.84 bits per heavy atom. The van der Waals surface area contributed by atoms with Crippen molar-refractivity contribution in [1.29, 1.82) is 0 Å². The Balaban J connectivity index is 1.42. The van der Waals surface area contributed by atoms with Crippen molar-refractivity contribution in [3.63, 3.8) is 0 Å². The second-order valence-electron chi connectivity index (χ2n) is 7.75. The first-order valence-corrected chi connectivity index (χ1v) is 10.8. The Morgan fingerprint density at radius 2 is 2.03 bits per heavy atom. The summed E-state index contributed by atoms with van der Waals surface area (Å²) in [6.45, 7) is 5.41. The van der Waals surface area contributed by atoms with Gasteiger partial charge in [-0.25, -0.2) is 15.0 Å². The number of pyridine rings is 1. The fourth-order valence-corrected chi connectivity index (χ4v) is 4.08. The standard InChI is InChI=1S/C24H29N5O2/c1-2-31-22-10-9-18(14-20(22)17-30)15-29-13-4-6-19(16-29)21-7-3-8-23(27-21)28-24-25-11-5-12-26-24/h3,5,7-12,14,19,30H,2,4,6,13,15-17H2,1H3,(H,25,26,27,28). The summed E-state index contributed by atoms with van der Waals surface area (Å²) in [4.78, 5) is 15.7. The molecule has 2 aromatic heterocycles. The minimum absolute atomic E-state index is 0.0133. The van der Waals surface area contributed by atoms with Gasteiger partial charge in [0.15, 0.2) is 0 Å². The number of ether oxygens (including phenoxy) is 1. The maximum Gasteiger partial charge on any atom is 0.228 e. The van der Waals surface area contributed by atoms with E-state index in [2.05, 4.69) is 38.4 Å². The van der Waals surface area contributed by atoms with Crippen LogP contribution in [0.4, 0.5) is 11.8 Å². The molecule has 4 rings (SSSR count). The molecule has 1 atom stereocenters. The van der Waals surface area contributed by atoms with Crippen molar-refractivity contribution in [2.75, 3.05) is 25.0 Å². The van der Waals surface area contributed by atoms with E-state index in [4.69, 9.17) is 9.72 Å². The van der Waals surface area contributed by atoms with Crippen LogP contribution in [0.25, 0.3) is 0 Å². The highest BCUT2D eigenvalue weighted by Crippen LogP contribution is 2.28. The number of nitrogens with zero attached hydrogens (tertiary/aromatic N) is 4. The summed E-state index contributed by atoms with van der Waals surface area (Å²) in [6.07, 6.45) is 5.68. The van der Waals surface area contributed by atoms with Gasteiger partial charge in [-0.3, -0.25) is 4.90 Å². The van der Waals surface area contributed by atoms with Gasteiger partial charge in [-0.2, -0.15) is 0 Å². The zero-order valence-electron chi connectivity index (χ0n) is 17.9. The number of aromatic nitrogens is 3. The van der Waals surface area contributed by atoms with Crippen molar-refractivity contribution in [2.24, 2.45) is 0 Å². The minimum atomic E-state index is -0.0133. The van der Waals surface area contributed by atoms with Gasteiger partial charge >= 0.3 is 0 Å². The van der Waals surface area contributed by atoms with Crippen molar-refractivity contribution in [3.05, 3.63) is 71.7 Å². The van der Waals surface area contributed by atoms with Gasteiger partial charge in [-0.1, -0.05) is 12.1 Å². The molecule has 1 aliphatic rings. The highest BCUT2D eigenvalue weighted by Gasteiger charge is 2.23. The van der Waals surface area contributed by atoms with E-state index in [1.165, 1.54) is 5.56 Å². The zero-order chi connectivity index (χ0) is 21.5. The summed E-state index contributed by atoms with van der Waals surface area (Å²) in [5.41, 5.74) is 3.13. The zero-order valence-corrected chi connectivity index (χ0v) is 17.9. The lowest BCUT2D eigenvalue weighted by Crippen LogP contribution is -2.34. The minimum Gasteiger partial charge on any atom is -0.494 e. The number of hydrogen-bond donors (Lipinski definition) is 2. The van der Waals surface area contributed by atoms with Crippen LogP contribution in [0.1, 0.15) is 42.5 Å². The molecular weight excluding hydrogens is 390 g/mol. The molecular formula is C24H29N5O2. The molecule has 0 bridgehead atoms. The van der Waals surface area contributed by atoms with E-state index in [1.807, 2.05) is 25.1 Å². The third kappa shape index (κ3) is 5.57. The van der Waals surface area contributed by atoms with E-state index < -0.39 is 0 Å². The fourth-order valence-electron chi connectivity index (χ4n) is 4.08. The third-order valence-corrected chi connectivity index (χ3v) is 5.50. The Kier molecular flexibility index (Phi) is 7.07. The number of benzene rings is 1. The molecule has 7 heteroatoms. The number of likely N-dealkylation sites (tertiary alicyclic amines) is 1. The van der Waals surface area contributed by atoms with Gasteiger partial charge in [0.25, 0.3) is 0 Å². The molecule has 3 aromatic rings. The largest absolute Gasteiger partial charge is 0.494 e. The average Bonchev–Trinajstić information content (AvgIpc) is 2.81. The molecule has 1 aromatic carbocycles. The molecule has 0 radical (unpaired) electrons. The Hall–Kier alpha value is -3.03. The molecule has 1 aliphatic heterocycles. The molecule has 7 nitrogen and oxygen atoms in total.